The zero-order chi connectivity index (χ0) is 20.0. The summed E-state index contributed by atoms with van der Waals surface area (Å²) < 4.78 is 0. The van der Waals surface area contributed by atoms with Gasteiger partial charge in [0.05, 0.1) is 15.9 Å². The molecule has 3 aromatic carbocycles. The predicted octanol–water partition coefficient (Wildman–Crippen LogP) is 5.02. The van der Waals surface area contributed by atoms with Crippen LogP contribution in [0.5, 0.6) is 0 Å². The van der Waals surface area contributed by atoms with Crippen LogP contribution in [-0.2, 0) is 0 Å². The number of nitrogens with zero attached hydrogens (tertiary/aromatic N) is 3. The van der Waals surface area contributed by atoms with Crippen molar-refractivity contribution in [3.8, 4) is 11.1 Å². The second-order valence-electron chi connectivity index (χ2n) is 6.91. The van der Waals surface area contributed by atoms with Crippen LogP contribution in [0.2, 0.25) is 0 Å². The van der Waals surface area contributed by atoms with Crippen LogP contribution in [0.4, 0.5) is 17.1 Å². The van der Waals surface area contributed by atoms with E-state index in [0.717, 1.165) is 33.5 Å². The molecule has 0 bridgehead atoms. The van der Waals surface area contributed by atoms with E-state index < -0.39 is 9.85 Å². The van der Waals surface area contributed by atoms with Gasteiger partial charge in [-0.25, -0.2) is 0 Å². The molecule has 1 aliphatic carbocycles. The minimum Gasteiger partial charge on any atom is -0.363 e. The average molecular weight is 375 g/mol. The molecule has 0 unspecified atom stereocenters. The molecule has 0 saturated heterocycles. The third kappa shape index (κ3) is 2.77. The van der Waals surface area contributed by atoms with Gasteiger partial charge in [-0.1, -0.05) is 17.7 Å². The molecule has 0 spiro atoms. The maximum Gasteiger partial charge on any atom is 0.269 e. The van der Waals surface area contributed by atoms with Gasteiger partial charge in [0.25, 0.3) is 11.4 Å². The van der Waals surface area contributed by atoms with Gasteiger partial charge in [0.2, 0.25) is 0 Å². The maximum atomic E-state index is 11.3. The molecule has 0 fully saturated rings. The molecule has 0 radical (unpaired) electrons. The van der Waals surface area contributed by atoms with E-state index in [9.17, 15) is 20.2 Å². The van der Waals surface area contributed by atoms with E-state index in [1.54, 1.807) is 24.3 Å². The molecule has 0 saturated carbocycles. The number of nitro benzene ring substituents is 2. The summed E-state index contributed by atoms with van der Waals surface area (Å²) in [4.78, 5) is 23.8. The van der Waals surface area contributed by atoms with Gasteiger partial charge in [-0.2, -0.15) is 0 Å². The maximum absolute atomic E-state index is 11.3. The first kappa shape index (κ1) is 17.7. The Hall–Kier alpha value is -3.74. The molecule has 1 aliphatic rings. The van der Waals surface area contributed by atoms with E-state index in [2.05, 4.69) is 0 Å². The topological polar surface area (TPSA) is 89.5 Å². The SMILES string of the molecule is Cc1ccc(N(C)C2c3cc([N+](=O)[O-])ccc3-c3ccc([N+](=O)[O-])cc32)cc1. The van der Waals surface area contributed by atoms with Crippen LogP contribution in [0.25, 0.3) is 11.1 Å². The van der Waals surface area contributed by atoms with E-state index in [1.807, 2.05) is 43.1 Å². The monoisotopic (exact) mass is 375 g/mol. The highest BCUT2D eigenvalue weighted by atomic mass is 16.6. The summed E-state index contributed by atoms with van der Waals surface area (Å²) in [7, 11) is 1.89. The molecule has 4 rings (SSSR count). The van der Waals surface area contributed by atoms with Crippen molar-refractivity contribution in [3.63, 3.8) is 0 Å². The Kier molecular flexibility index (Phi) is 4.07. The summed E-state index contributed by atoms with van der Waals surface area (Å²) in [6.07, 6.45) is 0. The fraction of sp³-hybridized carbons (Fsp3) is 0.143. The molecular formula is C21H17N3O4. The van der Waals surface area contributed by atoms with E-state index in [1.165, 1.54) is 12.1 Å². The van der Waals surface area contributed by atoms with Gasteiger partial charge >= 0.3 is 0 Å². The first-order valence-electron chi connectivity index (χ1n) is 8.73. The van der Waals surface area contributed by atoms with Crippen LogP contribution in [0.1, 0.15) is 22.7 Å². The van der Waals surface area contributed by atoms with Crippen LogP contribution in [-0.4, -0.2) is 16.9 Å². The Balaban J connectivity index is 1.92. The number of rotatable bonds is 4. The molecule has 7 heteroatoms. The lowest BCUT2D eigenvalue weighted by Crippen LogP contribution is -2.23. The standard InChI is InChI=1S/C21H17N3O4/c1-13-3-5-14(6-4-13)22(2)21-19-11-15(23(25)26)7-9-17(19)18-10-8-16(24(27)28)12-20(18)21/h3-12,21H,1-2H3. The van der Waals surface area contributed by atoms with Crippen molar-refractivity contribution in [3.05, 3.63) is 97.6 Å². The second-order valence-corrected chi connectivity index (χ2v) is 6.91. The van der Waals surface area contributed by atoms with E-state index in [-0.39, 0.29) is 17.4 Å². The van der Waals surface area contributed by atoms with Crippen molar-refractivity contribution < 1.29 is 9.85 Å². The molecular weight excluding hydrogens is 358 g/mol. The van der Waals surface area contributed by atoms with Crippen molar-refractivity contribution in [2.75, 3.05) is 11.9 Å². The molecule has 28 heavy (non-hydrogen) atoms. The zero-order valence-corrected chi connectivity index (χ0v) is 15.3. The number of anilines is 1. The van der Waals surface area contributed by atoms with E-state index in [4.69, 9.17) is 0 Å². The number of hydrogen-bond donors (Lipinski definition) is 0. The number of nitro groups is 2. The predicted molar refractivity (Wildman–Crippen MR) is 107 cm³/mol. The number of fused-ring (bicyclic) bond motifs is 3. The van der Waals surface area contributed by atoms with Gasteiger partial charge < -0.3 is 4.90 Å². The summed E-state index contributed by atoms with van der Waals surface area (Å²) in [5, 5.41) is 22.6. The summed E-state index contributed by atoms with van der Waals surface area (Å²) in [5.74, 6) is 0. The van der Waals surface area contributed by atoms with Crippen molar-refractivity contribution in [1.82, 2.24) is 0 Å². The lowest BCUT2D eigenvalue weighted by molar-refractivity contribution is -0.385. The van der Waals surface area contributed by atoms with Gasteiger partial charge in [-0.05, 0) is 53.4 Å². The Bertz CT molecular complexity index is 1050. The van der Waals surface area contributed by atoms with Gasteiger partial charge in [0.1, 0.15) is 0 Å². The Morgan fingerprint density at radius 2 is 1.25 bits per heavy atom. The largest absolute Gasteiger partial charge is 0.363 e. The summed E-state index contributed by atoms with van der Waals surface area (Å²) in [6.45, 7) is 2.00. The van der Waals surface area contributed by atoms with Gasteiger partial charge in [0, 0.05) is 37.0 Å². The van der Waals surface area contributed by atoms with Crippen molar-refractivity contribution in [1.29, 1.82) is 0 Å². The average Bonchev–Trinajstić information content (AvgIpc) is 3.00. The third-order valence-electron chi connectivity index (χ3n) is 5.20. The fourth-order valence-electron chi connectivity index (χ4n) is 3.78. The van der Waals surface area contributed by atoms with Crippen LogP contribution >= 0.6 is 0 Å². The molecule has 0 heterocycles. The Morgan fingerprint density at radius 1 is 0.786 bits per heavy atom. The normalized spacial score (nSPS) is 12.4. The lowest BCUT2D eigenvalue weighted by atomic mass is 10.0. The highest BCUT2D eigenvalue weighted by Gasteiger charge is 2.34. The molecule has 7 nitrogen and oxygen atoms in total. The van der Waals surface area contributed by atoms with Crippen molar-refractivity contribution in [2.45, 2.75) is 13.0 Å². The molecule has 0 amide bonds. The molecule has 0 N–H and O–H groups in total. The summed E-state index contributed by atoms with van der Waals surface area (Å²) in [5.41, 5.74) is 5.31. The minimum atomic E-state index is -0.422. The Labute approximate surface area is 161 Å². The smallest absolute Gasteiger partial charge is 0.269 e. The van der Waals surface area contributed by atoms with Gasteiger partial charge in [0.15, 0.2) is 0 Å². The number of benzene rings is 3. The number of non-ortho nitro benzene ring substituents is 2. The lowest BCUT2D eigenvalue weighted by Gasteiger charge is -2.28. The van der Waals surface area contributed by atoms with Gasteiger partial charge in [-0.3, -0.25) is 20.2 Å². The first-order valence-corrected chi connectivity index (χ1v) is 8.73. The molecule has 3 aromatic rings. The van der Waals surface area contributed by atoms with Gasteiger partial charge in [-0.15, -0.1) is 0 Å². The number of hydrogen-bond acceptors (Lipinski definition) is 5. The molecule has 0 aromatic heterocycles. The first-order chi connectivity index (χ1) is 13.4. The Morgan fingerprint density at radius 3 is 1.68 bits per heavy atom. The van der Waals surface area contributed by atoms with Crippen LogP contribution in [0.3, 0.4) is 0 Å². The number of aryl methyl sites for hydroxylation is 1. The van der Waals surface area contributed by atoms with E-state index in [0.29, 0.717) is 0 Å². The van der Waals surface area contributed by atoms with Crippen LogP contribution in [0, 0.1) is 27.2 Å². The highest BCUT2D eigenvalue weighted by molar-refractivity contribution is 5.82. The van der Waals surface area contributed by atoms with Crippen molar-refractivity contribution in [2.24, 2.45) is 0 Å². The second kappa shape index (κ2) is 6.45. The summed E-state index contributed by atoms with van der Waals surface area (Å²) in [6, 6.07) is 17.1. The minimum absolute atomic E-state index is 0.00311. The van der Waals surface area contributed by atoms with Crippen molar-refractivity contribution >= 4 is 17.1 Å². The highest BCUT2D eigenvalue weighted by Crippen LogP contribution is 2.49. The molecule has 0 aliphatic heterocycles. The fourth-order valence-corrected chi connectivity index (χ4v) is 3.78. The summed E-state index contributed by atoms with van der Waals surface area (Å²) >= 11 is 0. The molecule has 140 valence electrons. The third-order valence-corrected chi connectivity index (χ3v) is 5.20. The zero-order valence-electron chi connectivity index (χ0n) is 15.3. The van der Waals surface area contributed by atoms with Crippen LogP contribution in [0.15, 0.2) is 60.7 Å². The van der Waals surface area contributed by atoms with Crippen LogP contribution < -0.4 is 4.90 Å². The quantitative estimate of drug-likeness (QED) is 0.472. The van der Waals surface area contributed by atoms with E-state index >= 15 is 0 Å². The molecule has 0 atom stereocenters.